The van der Waals surface area contributed by atoms with Crippen LogP contribution in [-0.4, -0.2) is 13.0 Å². The second-order valence-corrected chi connectivity index (χ2v) is 7.14. The Labute approximate surface area is 155 Å². The molecular formula is C21H26ClNO2. The molecule has 1 N–H and O–H groups in total. The lowest BCUT2D eigenvalue weighted by Crippen LogP contribution is -2.28. The quantitative estimate of drug-likeness (QED) is 0.769. The fourth-order valence-corrected chi connectivity index (χ4v) is 3.23. The van der Waals surface area contributed by atoms with Crippen LogP contribution < -0.4 is 10.1 Å². The van der Waals surface area contributed by atoms with Crippen molar-refractivity contribution in [2.75, 3.05) is 7.11 Å². The Morgan fingerprint density at radius 3 is 2.48 bits per heavy atom. The molecular weight excluding hydrogens is 334 g/mol. The summed E-state index contributed by atoms with van der Waals surface area (Å²) in [5.41, 5.74) is 4.28. The van der Waals surface area contributed by atoms with Crippen molar-refractivity contribution in [1.29, 1.82) is 0 Å². The van der Waals surface area contributed by atoms with Crippen LogP contribution in [0.3, 0.4) is 0 Å². The van der Waals surface area contributed by atoms with Gasteiger partial charge in [-0.15, -0.1) is 0 Å². The number of aryl methyl sites for hydroxylation is 1. The van der Waals surface area contributed by atoms with Crippen LogP contribution in [0.5, 0.6) is 5.75 Å². The Kier molecular flexibility index (Phi) is 6.49. The van der Waals surface area contributed by atoms with Gasteiger partial charge in [-0.05, 0) is 66.3 Å². The number of hydrogen-bond donors (Lipinski definition) is 1. The standard InChI is InChI=1S/C21H26ClNO2/c1-13(2)18-12-19(14(3)9-20(18)25-5)15(4)23-21(24)11-16-7-6-8-17(22)10-16/h6-10,12-13,15H,11H2,1-5H3,(H,23,24)/t15-/m1/s1. The summed E-state index contributed by atoms with van der Waals surface area (Å²) in [6.07, 6.45) is 0.317. The molecule has 25 heavy (non-hydrogen) atoms. The minimum absolute atomic E-state index is 0.0175. The summed E-state index contributed by atoms with van der Waals surface area (Å²) >= 11 is 5.98. The fraction of sp³-hybridized carbons (Fsp3) is 0.381. The van der Waals surface area contributed by atoms with Crippen LogP contribution >= 0.6 is 11.6 Å². The van der Waals surface area contributed by atoms with E-state index in [4.69, 9.17) is 16.3 Å². The van der Waals surface area contributed by atoms with E-state index < -0.39 is 0 Å². The molecule has 1 atom stereocenters. The van der Waals surface area contributed by atoms with Gasteiger partial charge in [0.1, 0.15) is 5.75 Å². The predicted molar refractivity (Wildman–Crippen MR) is 104 cm³/mol. The number of hydrogen-bond acceptors (Lipinski definition) is 2. The van der Waals surface area contributed by atoms with Gasteiger partial charge in [-0.1, -0.05) is 37.6 Å². The minimum atomic E-state index is -0.0740. The van der Waals surface area contributed by atoms with E-state index in [1.807, 2.05) is 38.1 Å². The number of nitrogens with one attached hydrogen (secondary N) is 1. The Morgan fingerprint density at radius 2 is 1.88 bits per heavy atom. The third-order valence-electron chi connectivity index (χ3n) is 4.34. The average Bonchev–Trinajstić information content (AvgIpc) is 2.53. The number of halogens is 1. The van der Waals surface area contributed by atoms with E-state index in [2.05, 4.69) is 25.2 Å². The molecule has 1 amide bonds. The maximum Gasteiger partial charge on any atom is 0.224 e. The van der Waals surface area contributed by atoms with Gasteiger partial charge in [-0.2, -0.15) is 0 Å². The molecule has 2 aromatic carbocycles. The van der Waals surface area contributed by atoms with Crippen molar-refractivity contribution in [3.05, 3.63) is 63.7 Å². The second kappa shape index (κ2) is 8.39. The van der Waals surface area contributed by atoms with E-state index in [-0.39, 0.29) is 11.9 Å². The number of benzene rings is 2. The maximum absolute atomic E-state index is 12.4. The number of amides is 1. The number of carbonyl (C=O) groups excluding carboxylic acids is 1. The molecule has 0 saturated carbocycles. The summed E-state index contributed by atoms with van der Waals surface area (Å²) < 4.78 is 5.49. The monoisotopic (exact) mass is 359 g/mol. The average molecular weight is 360 g/mol. The molecule has 2 rings (SSSR count). The predicted octanol–water partition coefficient (Wildman–Crippen LogP) is 5.20. The van der Waals surface area contributed by atoms with E-state index in [1.54, 1.807) is 13.2 Å². The Balaban J connectivity index is 2.15. The SMILES string of the molecule is COc1cc(C)c([C@@H](C)NC(=O)Cc2cccc(Cl)c2)cc1C(C)C. The van der Waals surface area contributed by atoms with Crippen molar-refractivity contribution in [1.82, 2.24) is 5.32 Å². The summed E-state index contributed by atoms with van der Waals surface area (Å²) in [7, 11) is 1.69. The first-order chi connectivity index (χ1) is 11.8. The third-order valence-corrected chi connectivity index (χ3v) is 4.57. The molecule has 0 aliphatic heterocycles. The van der Waals surface area contributed by atoms with Gasteiger partial charge in [0.25, 0.3) is 0 Å². The lowest BCUT2D eigenvalue weighted by atomic mass is 9.93. The van der Waals surface area contributed by atoms with Gasteiger partial charge in [-0.3, -0.25) is 4.79 Å². The molecule has 0 heterocycles. The van der Waals surface area contributed by atoms with Gasteiger partial charge in [0.05, 0.1) is 19.6 Å². The second-order valence-electron chi connectivity index (χ2n) is 6.70. The molecule has 0 spiro atoms. The number of rotatable bonds is 6. The van der Waals surface area contributed by atoms with E-state index in [0.717, 1.165) is 28.0 Å². The zero-order chi connectivity index (χ0) is 18.6. The highest BCUT2D eigenvalue weighted by Gasteiger charge is 2.17. The van der Waals surface area contributed by atoms with Gasteiger partial charge in [-0.25, -0.2) is 0 Å². The smallest absolute Gasteiger partial charge is 0.224 e. The normalized spacial score (nSPS) is 12.1. The van der Waals surface area contributed by atoms with Gasteiger partial charge >= 0.3 is 0 Å². The topological polar surface area (TPSA) is 38.3 Å². The first-order valence-corrected chi connectivity index (χ1v) is 8.91. The fourth-order valence-electron chi connectivity index (χ4n) is 3.01. The van der Waals surface area contributed by atoms with Gasteiger partial charge < -0.3 is 10.1 Å². The van der Waals surface area contributed by atoms with Gasteiger partial charge in [0, 0.05) is 5.02 Å². The van der Waals surface area contributed by atoms with E-state index in [1.165, 1.54) is 0 Å². The molecule has 0 saturated heterocycles. The van der Waals surface area contributed by atoms with Crippen LogP contribution in [-0.2, 0) is 11.2 Å². The van der Waals surface area contributed by atoms with Crippen LogP contribution in [0.2, 0.25) is 5.02 Å². The van der Waals surface area contributed by atoms with Crippen molar-refractivity contribution in [3.63, 3.8) is 0 Å². The summed E-state index contributed by atoms with van der Waals surface area (Å²) in [6, 6.07) is 11.5. The lowest BCUT2D eigenvalue weighted by Gasteiger charge is -2.21. The Hall–Kier alpha value is -2.00. The van der Waals surface area contributed by atoms with Crippen LogP contribution in [0.1, 0.15) is 55.0 Å². The molecule has 0 bridgehead atoms. The molecule has 0 aliphatic rings. The van der Waals surface area contributed by atoms with E-state index in [9.17, 15) is 4.79 Å². The molecule has 0 unspecified atom stereocenters. The molecule has 4 heteroatoms. The minimum Gasteiger partial charge on any atom is -0.496 e. The zero-order valence-corrected chi connectivity index (χ0v) is 16.3. The molecule has 0 fully saturated rings. The van der Waals surface area contributed by atoms with Crippen molar-refractivity contribution < 1.29 is 9.53 Å². The molecule has 0 aliphatic carbocycles. The third kappa shape index (κ3) is 4.99. The van der Waals surface area contributed by atoms with Crippen LogP contribution in [0.15, 0.2) is 36.4 Å². The van der Waals surface area contributed by atoms with Gasteiger partial charge in [0.15, 0.2) is 0 Å². The van der Waals surface area contributed by atoms with E-state index >= 15 is 0 Å². The summed E-state index contributed by atoms with van der Waals surface area (Å²) in [6.45, 7) is 8.33. The molecule has 134 valence electrons. The first kappa shape index (κ1) is 19.3. The molecule has 0 aromatic heterocycles. The summed E-state index contributed by atoms with van der Waals surface area (Å²) in [5.74, 6) is 1.23. The lowest BCUT2D eigenvalue weighted by molar-refractivity contribution is -0.121. The van der Waals surface area contributed by atoms with E-state index in [0.29, 0.717) is 17.4 Å². The van der Waals surface area contributed by atoms with Crippen LogP contribution in [0, 0.1) is 6.92 Å². The Morgan fingerprint density at radius 1 is 1.16 bits per heavy atom. The zero-order valence-electron chi connectivity index (χ0n) is 15.5. The highest BCUT2D eigenvalue weighted by atomic mass is 35.5. The summed E-state index contributed by atoms with van der Waals surface area (Å²) in [5, 5.41) is 3.73. The van der Waals surface area contributed by atoms with Crippen molar-refractivity contribution in [2.24, 2.45) is 0 Å². The van der Waals surface area contributed by atoms with Crippen molar-refractivity contribution in [2.45, 2.75) is 46.1 Å². The highest BCUT2D eigenvalue weighted by Crippen LogP contribution is 2.32. The molecule has 0 radical (unpaired) electrons. The van der Waals surface area contributed by atoms with Crippen molar-refractivity contribution >= 4 is 17.5 Å². The number of carbonyl (C=O) groups is 1. The number of methoxy groups -OCH3 is 1. The highest BCUT2D eigenvalue weighted by molar-refractivity contribution is 6.30. The summed E-state index contributed by atoms with van der Waals surface area (Å²) in [4.78, 5) is 12.4. The largest absolute Gasteiger partial charge is 0.496 e. The number of ether oxygens (including phenoxy) is 1. The van der Waals surface area contributed by atoms with Crippen LogP contribution in [0.4, 0.5) is 0 Å². The van der Waals surface area contributed by atoms with Gasteiger partial charge in [0.2, 0.25) is 5.91 Å². The van der Waals surface area contributed by atoms with Crippen LogP contribution in [0.25, 0.3) is 0 Å². The Bertz CT molecular complexity index is 756. The molecule has 3 nitrogen and oxygen atoms in total. The maximum atomic E-state index is 12.4. The first-order valence-electron chi connectivity index (χ1n) is 8.54. The molecule has 2 aromatic rings. The van der Waals surface area contributed by atoms with Crippen molar-refractivity contribution in [3.8, 4) is 5.75 Å².